The number of nitrogens with one attached hydrogen (secondary N) is 1. The first-order valence-electron chi connectivity index (χ1n) is 10.7. The summed E-state index contributed by atoms with van der Waals surface area (Å²) in [5, 5.41) is 3.70. The molecule has 1 aliphatic carbocycles. The van der Waals surface area contributed by atoms with Crippen LogP contribution in [0.1, 0.15) is 61.4 Å². The summed E-state index contributed by atoms with van der Waals surface area (Å²) < 4.78 is 25.1. The predicted molar refractivity (Wildman–Crippen MR) is 120 cm³/mol. The molecule has 2 aliphatic heterocycles. The van der Waals surface area contributed by atoms with Crippen molar-refractivity contribution in [1.82, 2.24) is 9.78 Å². The molecule has 9 heteroatoms. The number of aliphatic imine (C=N–C) groups is 1. The van der Waals surface area contributed by atoms with Gasteiger partial charge in [0.05, 0.1) is 36.1 Å². The molecule has 0 bridgehead atoms. The smallest absolute Gasteiger partial charge is 0.271 e. The van der Waals surface area contributed by atoms with Crippen LogP contribution in [0.2, 0.25) is 0 Å². The molecule has 2 aromatic rings. The molecule has 0 amide bonds. The number of H-pyrrole nitrogens is 1. The van der Waals surface area contributed by atoms with Crippen molar-refractivity contribution in [3.8, 4) is 23.0 Å². The molecule has 0 spiro atoms. The van der Waals surface area contributed by atoms with E-state index in [2.05, 4.69) is 5.10 Å². The van der Waals surface area contributed by atoms with Crippen LogP contribution in [-0.2, 0) is 0 Å². The van der Waals surface area contributed by atoms with E-state index in [0.29, 0.717) is 41.8 Å². The second-order valence-electron chi connectivity index (χ2n) is 8.03. The minimum Gasteiger partial charge on any atom is -0.493 e. The molecule has 0 unspecified atom stereocenters. The van der Waals surface area contributed by atoms with Crippen molar-refractivity contribution >= 4 is 22.6 Å². The van der Waals surface area contributed by atoms with Gasteiger partial charge in [-0.3, -0.25) is 14.6 Å². The van der Waals surface area contributed by atoms with E-state index in [9.17, 15) is 4.79 Å². The van der Waals surface area contributed by atoms with Crippen molar-refractivity contribution in [3.05, 3.63) is 27.5 Å². The Labute approximate surface area is 184 Å². The molecule has 0 saturated heterocycles. The lowest BCUT2D eigenvalue weighted by atomic mass is 9.95. The molecule has 3 heterocycles. The molecule has 1 aromatic carbocycles. The van der Waals surface area contributed by atoms with Crippen LogP contribution in [0, 0.1) is 0 Å². The summed E-state index contributed by atoms with van der Waals surface area (Å²) in [6.45, 7) is 2.85. The molecule has 166 valence electrons. The lowest BCUT2D eigenvalue weighted by Gasteiger charge is -2.28. The van der Waals surface area contributed by atoms with Crippen LogP contribution in [0.25, 0.3) is 0 Å². The van der Waals surface area contributed by atoms with Gasteiger partial charge in [-0.2, -0.15) is 0 Å². The summed E-state index contributed by atoms with van der Waals surface area (Å²) >= 11 is 1.54. The van der Waals surface area contributed by atoms with Gasteiger partial charge in [0.15, 0.2) is 17.3 Å². The second-order valence-corrected chi connectivity index (χ2v) is 9.32. The van der Waals surface area contributed by atoms with Crippen LogP contribution in [0.15, 0.2) is 15.9 Å². The number of ether oxygens (including phenoxy) is 4. The summed E-state index contributed by atoms with van der Waals surface area (Å²) in [5.74, 6) is 2.92. The van der Waals surface area contributed by atoms with Gasteiger partial charge in [0, 0.05) is 5.56 Å². The highest BCUT2D eigenvalue weighted by molar-refractivity contribution is 8.14. The van der Waals surface area contributed by atoms with Gasteiger partial charge in [0.2, 0.25) is 11.5 Å². The van der Waals surface area contributed by atoms with Crippen molar-refractivity contribution in [2.24, 2.45) is 4.99 Å². The first kappa shape index (κ1) is 20.4. The number of aromatic nitrogens is 2. The largest absolute Gasteiger partial charge is 0.493 e. The SMILES string of the molecule is COc1cc([C@H]2SC(C)=Nc3c2c(=O)[nH]n3C2CCCCC2)c(OC)c2c1OCCO2. The van der Waals surface area contributed by atoms with E-state index in [1.54, 1.807) is 26.0 Å². The first-order chi connectivity index (χ1) is 15.1. The van der Waals surface area contributed by atoms with Crippen LogP contribution >= 0.6 is 11.8 Å². The van der Waals surface area contributed by atoms with E-state index in [-0.39, 0.29) is 16.9 Å². The van der Waals surface area contributed by atoms with Crippen molar-refractivity contribution in [2.45, 2.75) is 50.3 Å². The standard InChI is InChI=1S/C22H27N3O5S/c1-12-23-21-16(22(26)24-25(21)13-7-5-4-6-8-13)20(31-12)14-11-15(27-2)18-19(17(14)28-3)30-10-9-29-18/h11,13,20H,4-10H2,1-3H3,(H,24,26)/t20-/m1/s1. The zero-order valence-corrected chi connectivity index (χ0v) is 18.8. The molecule has 8 nitrogen and oxygen atoms in total. The number of fused-ring (bicyclic) bond motifs is 2. The van der Waals surface area contributed by atoms with E-state index in [1.165, 1.54) is 19.3 Å². The zero-order chi connectivity index (χ0) is 21.5. The van der Waals surface area contributed by atoms with Gasteiger partial charge in [0.1, 0.15) is 13.2 Å². The van der Waals surface area contributed by atoms with E-state index in [1.807, 2.05) is 17.7 Å². The van der Waals surface area contributed by atoms with E-state index in [0.717, 1.165) is 29.3 Å². The van der Waals surface area contributed by atoms with Gasteiger partial charge in [-0.15, -0.1) is 0 Å². The molecule has 31 heavy (non-hydrogen) atoms. The summed E-state index contributed by atoms with van der Waals surface area (Å²) in [4.78, 5) is 18.0. The molecule has 1 aromatic heterocycles. The molecule has 0 radical (unpaired) electrons. The third-order valence-electron chi connectivity index (χ3n) is 6.16. The quantitative estimate of drug-likeness (QED) is 0.753. The molecule has 1 saturated carbocycles. The van der Waals surface area contributed by atoms with Crippen LogP contribution in [-0.4, -0.2) is 42.3 Å². The minimum absolute atomic E-state index is 0.106. The Morgan fingerprint density at radius 1 is 1.13 bits per heavy atom. The van der Waals surface area contributed by atoms with Gasteiger partial charge < -0.3 is 18.9 Å². The van der Waals surface area contributed by atoms with E-state index >= 15 is 0 Å². The third kappa shape index (κ3) is 3.39. The highest BCUT2D eigenvalue weighted by Crippen LogP contribution is 2.55. The maximum Gasteiger partial charge on any atom is 0.271 e. The van der Waals surface area contributed by atoms with Gasteiger partial charge in [0.25, 0.3) is 5.56 Å². The lowest BCUT2D eigenvalue weighted by Crippen LogP contribution is -2.19. The Morgan fingerprint density at radius 3 is 2.58 bits per heavy atom. The maximum absolute atomic E-state index is 13.2. The van der Waals surface area contributed by atoms with Crippen molar-refractivity contribution in [2.75, 3.05) is 27.4 Å². The number of methoxy groups -OCH3 is 2. The zero-order valence-electron chi connectivity index (χ0n) is 18.0. The fraction of sp³-hybridized carbons (Fsp3) is 0.545. The maximum atomic E-state index is 13.2. The van der Waals surface area contributed by atoms with Crippen LogP contribution < -0.4 is 24.5 Å². The average Bonchev–Trinajstić information content (AvgIpc) is 3.14. The van der Waals surface area contributed by atoms with Crippen molar-refractivity contribution in [3.63, 3.8) is 0 Å². The molecule has 3 aliphatic rings. The molecule has 5 rings (SSSR count). The monoisotopic (exact) mass is 445 g/mol. The average molecular weight is 446 g/mol. The molecule has 1 N–H and O–H groups in total. The Morgan fingerprint density at radius 2 is 1.87 bits per heavy atom. The third-order valence-corrected chi connectivity index (χ3v) is 7.31. The fourth-order valence-electron chi connectivity index (χ4n) is 4.76. The van der Waals surface area contributed by atoms with Gasteiger partial charge >= 0.3 is 0 Å². The lowest BCUT2D eigenvalue weighted by molar-refractivity contribution is 0.158. The Balaban J connectivity index is 1.67. The number of thioether (sulfide) groups is 1. The highest BCUT2D eigenvalue weighted by Gasteiger charge is 2.37. The van der Waals surface area contributed by atoms with E-state index < -0.39 is 0 Å². The van der Waals surface area contributed by atoms with Gasteiger partial charge in [-0.05, 0) is 25.8 Å². The molecule has 1 fully saturated rings. The van der Waals surface area contributed by atoms with Gasteiger partial charge in [-0.25, -0.2) is 4.99 Å². The van der Waals surface area contributed by atoms with Crippen LogP contribution in [0.5, 0.6) is 23.0 Å². The van der Waals surface area contributed by atoms with Crippen LogP contribution in [0.3, 0.4) is 0 Å². The topological polar surface area (TPSA) is 87.1 Å². The number of rotatable bonds is 4. The summed E-state index contributed by atoms with van der Waals surface area (Å²) in [7, 11) is 3.21. The number of hydrogen-bond donors (Lipinski definition) is 1. The Kier molecular flexibility index (Phi) is 5.37. The number of nitrogens with zero attached hydrogens (tertiary/aromatic N) is 2. The Bertz CT molecular complexity index is 1080. The molecule has 1 atom stereocenters. The predicted octanol–water partition coefficient (Wildman–Crippen LogP) is 4.36. The summed E-state index contributed by atoms with van der Waals surface area (Å²) in [6.07, 6.45) is 5.72. The van der Waals surface area contributed by atoms with Crippen molar-refractivity contribution < 1.29 is 18.9 Å². The number of benzene rings is 1. The minimum atomic E-state index is -0.291. The Hall–Kier alpha value is -2.55. The van der Waals surface area contributed by atoms with Crippen LogP contribution in [0.4, 0.5) is 5.82 Å². The second kappa shape index (κ2) is 8.18. The normalized spacial score (nSPS) is 20.7. The van der Waals surface area contributed by atoms with E-state index in [4.69, 9.17) is 23.9 Å². The summed E-state index contributed by atoms with van der Waals surface area (Å²) in [5.41, 5.74) is 1.36. The highest BCUT2D eigenvalue weighted by atomic mass is 32.2. The number of hydrogen-bond acceptors (Lipinski definition) is 7. The number of aromatic amines is 1. The summed E-state index contributed by atoms with van der Waals surface area (Å²) in [6, 6.07) is 2.17. The fourth-order valence-corrected chi connectivity index (χ4v) is 5.87. The van der Waals surface area contributed by atoms with Gasteiger partial charge in [-0.1, -0.05) is 31.0 Å². The van der Waals surface area contributed by atoms with Crippen molar-refractivity contribution in [1.29, 1.82) is 0 Å². The molecular weight excluding hydrogens is 418 g/mol. The first-order valence-corrected chi connectivity index (χ1v) is 11.6. The molecular formula is C22H27N3O5S.